The predicted molar refractivity (Wildman–Crippen MR) is 85.6 cm³/mol. The molecule has 0 bridgehead atoms. The summed E-state index contributed by atoms with van der Waals surface area (Å²) in [5.41, 5.74) is 1.33. The molecule has 0 aromatic heterocycles. The van der Waals surface area contributed by atoms with Gasteiger partial charge in [0.15, 0.2) is 6.10 Å². The number of carbonyl (C=O) groups is 1. The van der Waals surface area contributed by atoms with E-state index in [1.54, 1.807) is 6.92 Å². The maximum absolute atomic E-state index is 12.4. The Balaban J connectivity index is 1.81. The van der Waals surface area contributed by atoms with E-state index in [-0.39, 0.29) is 17.3 Å². The number of rotatable bonds is 4. The van der Waals surface area contributed by atoms with Gasteiger partial charge in [0.25, 0.3) is 5.91 Å². The lowest BCUT2D eigenvalue weighted by Crippen LogP contribution is -2.34. The molecule has 1 atom stereocenters. The second-order valence-electron chi connectivity index (χ2n) is 5.22. The van der Waals surface area contributed by atoms with Crippen molar-refractivity contribution in [3.05, 3.63) is 54.1 Å². The number of sulfonamides is 1. The molecule has 3 rings (SSSR count). The van der Waals surface area contributed by atoms with Crippen molar-refractivity contribution >= 4 is 21.6 Å². The van der Waals surface area contributed by atoms with Gasteiger partial charge in [-0.2, -0.15) is 0 Å². The summed E-state index contributed by atoms with van der Waals surface area (Å²) >= 11 is 0. The summed E-state index contributed by atoms with van der Waals surface area (Å²) in [7, 11) is -3.67. The van der Waals surface area contributed by atoms with Gasteiger partial charge in [0, 0.05) is 12.6 Å². The molecule has 1 amide bonds. The summed E-state index contributed by atoms with van der Waals surface area (Å²) in [6.45, 7) is 1.81. The maximum atomic E-state index is 12.4. The van der Waals surface area contributed by atoms with Crippen LogP contribution in [0.4, 0.5) is 5.69 Å². The van der Waals surface area contributed by atoms with Crippen molar-refractivity contribution in [3.8, 4) is 5.75 Å². The molecule has 1 heterocycles. The van der Waals surface area contributed by atoms with Crippen LogP contribution >= 0.6 is 0 Å². The zero-order valence-corrected chi connectivity index (χ0v) is 13.3. The van der Waals surface area contributed by atoms with Gasteiger partial charge in [0.1, 0.15) is 5.75 Å². The van der Waals surface area contributed by atoms with Crippen LogP contribution in [0.1, 0.15) is 12.5 Å². The molecule has 120 valence electrons. The Kier molecular flexibility index (Phi) is 4.06. The van der Waals surface area contributed by atoms with E-state index in [1.165, 1.54) is 18.2 Å². The molecule has 6 nitrogen and oxygen atoms in total. The second-order valence-corrected chi connectivity index (χ2v) is 6.98. The summed E-state index contributed by atoms with van der Waals surface area (Å²) in [5, 5.41) is 2.67. The van der Waals surface area contributed by atoms with Crippen molar-refractivity contribution in [2.24, 2.45) is 0 Å². The minimum atomic E-state index is -3.67. The number of hydrogen-bond acceptors (Lipinski definition) is 4. The molecule has 1 aliphatic heterocycles. The first kappa shape index (κ1) is 15.5. The van der Waals surface area contributed by atoms with E-state index in [0.29, 0.717) is 11.4 Å². The molecule has 0 saturated carbocycles. The van der Waals surface area contributed by atoms with Crippen LogP contribution in [0.25, 0.3) is 0 Å². The summed E-state index contributed by atoms with van der Waals surface area (Å²) in [6.07, 6.45) is -0.655. The second kappa shape index (κ2) is 6.02. The molecule has 2 aromatic carbocycles. The Morgan fingerprint density at radius 2 is 1.91 bits per heavy atom. The number of hydrogen-bond donors (Lipinski definition) is 2. The van der Waals surface area contributed by atoms with Crippen LogP contribution in [0.2, 0.25) is 0 Å². The summed E-state index contributed by atoms with van der Waals surface area (Å²) in [6, 6.07) is 13.6. The Morgan fingerprint density at radius 1 is 1.17 bits per heavy atom. The number of amides is 1. The molecule has 23 heavy (non-hydrogen) atoms. The molecule has 0 unspecified atom stereocenters. The van der Waals surface area contributed by atoms with Gasteiger partial charge in [-0.1, -0.05) is 30.3 Å². The SMILES string of the molecule is C[C@H]1Oc2cc(S(=O)(=O)NCc3ccccc3)ccc2NC1=O. The Bertz CT molecular complexity index is 834. The lowest BCUT2D eigenvalue weighted by atomic mass is 10.2. The standard InChI is InChI=1S/C16H16N2O4S/c1-11-16(19)18-14-8-7-13(9-15(14)22-11)23(20,21)17-10-12-5-3-2-4-6-12/h2-9,11,17H,10H2,1H3,(H,18,19)/t11-/m1/s1. The highest BCUT2D eigenvalue weighted by molar-refractivity contribution is 7.89. The van der Waals surface area contributed by atoms with E-state index in [9.17, 15) is 13.2 Å². The van der Waals surface area contributed by atoms with Crippen LogP contribution in [-0.4, -0.2) is 20.4 Å². The lowest BCUT2D eigenvalue weighted by molar-refractivity contribution is -0.122. The summed E-state index contributed by atoms with van der Waals surface area (Å²) in [4.78, 5) is 11.6. The van der Waals surface area contributed by atoms with E-state index < -0.39 is 16.1 Å². The highest BCUT2D eigenvalue weighted by Gasteiger charge is 2.25. The smallest absolute Gasteiger partial charge is 0.265 e. The van der Waals surface area contributed by atoms with Crippen molar-refractivity contribution in [3.63, 3.8) is 0 Å². The van der Waals surface area contributed by atoms with Gasteiger partial charge in [0.05, 0.1) is 10.6 Å². The van der Waals surface area contributed by atoms with Crippen LogP contribution in [0, 0.1) is 0 Å². The van der Waals surface area contributed by atoms with E-state index in [0.717, 1.165) is 5.56 Å². The van der Waals surface area contributed by atoms with Crippen LogP contribution in [0.15, 0.2) is 53.4 Å². The number of nitrogens with one attached hydrogen (secondary N) is 2. The summed E-state index contributed by atoms with van der Waals surface area (Å²) < 4.78 is 32.8. The van der Waals surface area contributed by atoms with Gasteiger partial charge in [-0.05, 0) is 24.6 Å². The van der Waals surface area contributed by atoms with Crippen molar-refractivity contribution < 1.29 is 17.9 Å². The van der Waals surface area contributed by atoms with Crippen molar-refractivity contribution in [1.29, 1.82) is 0 Å². The topological polar surface area (TPSA) is 84.5 Å². The highest BCUT2D eigenvalue weighted by Crippen LogP contribution is 2.31. The molecule has 0 fully saturated rings. The molecule has 0 radical (unpaired) electrons. The fourth-order valence-corrected chi connectivity index (χ4v) is 3.24. The maximum Gasteiger partial charge on any atom is 0.265 e. The molecule has 7 heteroatoms. The average molecular weight is 332 g/mol. The third kappa shape index (κ3) is 3.35. The molecule has 0 saturated heterocycles. The molecular weight excluding hydrogens is 316 g/mol. The van der Waals surface area contributed by atoms with Crippen LogP contribution in [-0.2, 0) is 21.4 Å². The zero-order chi connectivity index (χ0) is 16.4. The van der Waals surface area contributed by atoms with E-state index >= 15 is 0 Å². The first-order valence-corrected chi connectivity index (χ1v) is 8.59. The molecular formula is C16H16N2O4S. The summed E-state index contributed by atoms with van der Waals surface area (Å²) in [5.74, 6) is 0.0926. The van der Waals surface area contributed by atoms with Gasteiger partial charge in [-0.25, -0.2) is 13.1 Å². The first-order valence-electron chi connectivity index (χ1n) is 7.11. The van der Waals surface area contributed by atoms with Crippen molar-refractivity contribution in [2.45, 2.75) is 24.5 Å². The quantitative estimate of drug-likeness (QED) is 0.895. The third-order valence-corrected chi connectivity index (χ3v) is 4.90. The van der Waals surface area contributed by atoms with Crippen LogP contribution in [0.3, 0.4) is 0 Å². The molecule has 0 aliphatic carbocycles. The normalized spacial score (nSPS) is 17.1. The largest absolute Gasteiger partial charge is 0.479 e. The zero-order valence-electron chi connectivity index (χ0n) is 12.4. The lowest BCUT2D eigenvalue weighted by Gasteiger charge is -2.23. The number of benzene rings is 2. The minimum Gasteiger partial charge on any atom is -0.479 e. The van der Waals surface area contributed by atoms with Gasteiger partial charge in [-0.15, -0.1) is 0 Å². The van der Waals surface area contributed by atoms with E-state index in [1.807, 2.05) is 30.3 Å². The predicted octanol–water partition coefficient (Wildman–Crippen LogP) is 1.88. The van der Waals surface area contributed by atoms with Crippen molar-refractivity contribution in [1.82, 2.24) is 4.72 Å². The van der Waals surface area contributed by atoms with Gasteiger partial charge < -0.3 is 10.1 Å². The Hall–Kier alpha value is -2.38. The highest BCUT2D eigenvalue weighted by atomic mass is 32.2. The molecule has 2 aromatic rings. The number of carbonyl (C=O) groups excluding carboxylic acids is 1. The van der Waals surface area contributed by atoms with Gasteiger partial charge >= 0.3 is 0 Å². The molecule has 0 spiro atoms. The van der Waals surface area contributed by atoms with E-state index in [2.05, 4.69) is 10.0 Å². The molecule has 1 aliphatic rings. The van der Waals surface area contributed by atoms with Gasteiger partial charge in [0.2, 0.25) is 10.0 Å². The fraction of sp³-hybridized carbons (Fsp3) is 0.188. The average Bonchev–Trinajstić information content (AvgIpc) is 2.55. The Morgan fingerprint density at radius 3 is 2.65 bits per heavy atom. The number of fused-ring (bicyclic) bond motifs is 1. The third-order valence-electron chi connectivity index (χ3n) is 3.50. The van der Waals surface area contributed by atoms with Crippen LogP contribution < -0.4 is 14.8 Å². The van der Waals surface area contributed by atoms with E-state index in [4.69, 9.17) is 4.74 Å². The fourth-order valence-electron chi connectivity index (χ4n) is 2.21. The number of anilines is 1. The van der Waals surface area contributed by atoms with Crippen molar-refractivity contribution in [2.75, 3.05) is 5.32 Å². The first-order chi connectivity index (χ1) is 11.0. The molecule has 2 N–H and O–H groups in total. The minimum absolute atomic E-state index is 0.0931. The van der Waals surface area contributed by atoms with Crippen LogP contribution in [0.5, 0.6) is 5.75 Å². The number of ether oxygens (including phenoxy) is 1. The Labute approximate surface area is 134 Å². The monoisotopic (exact) mass is 332 g/mol. The van der Waals surface area contributed by atoms with Gasteiger partial charge in [-0.3, -0.25) is 4.79 Å².